The Balaban J connectivity index is 1.69. The highest BCUT2D eigenvalue weighted by atomic mass is 16.5. The predicted molar refractivity (Wildman–Crippen MR) is 113 cm³/mol. The molecule has 1 unspecified atom stereocenters. The SMILES string of the molecule is COc1cccc(CO[C@]2(C(=O)NCCN3CCOCC3)CC(OC)[C@H](O)[C@H](O)C2)c1. The predicted octanol–water partition coefficient (Wildman–Crippen LogP) is -0.0704. The van der Waals surface area contributed by atoms with Gasteiger partial charge in [0.1, 0.15) is 11.9 Å². The second-order valence-corrected chi connectivity index (χ2v) is 8.08. The van der Waals surface area contributed by atoms with Gasteiger partial charge in [-0.3, -0.25) is 9.69 Å². The highest BCUT2D eigenvalue weighted by molar-refractivity contribution is 5.85. The summed E-state index contributed by atoms with van der Waals surface area (Å²) in [6.07, 6.45) is -2.77. The van der Waals surface area contributed by atoms with Gasteiger partial charge in [-0.25, -0.2) is 0 Å². The van der Waals surface area contributed by atoms with Crippen LogP contribution in [-0.4, -0.2) is 98.5 Å². The Kier molecular flexibility index (Phi) is 8.65. The van der Waals surface area contributed by atoms with Gasteiger partial charge in [0.25, 0.3) is 5.91 Å². The summed E-state index contributed by atoms with van der Waals surface area (Å²) in [7, 11) is 3.04. The molecule has 1 aliphatic carbocycles. The van der Waals surface area contributed by atoms with Gasteiger partial charge < -0.3 is 34.5 Å². The highest BCUT2D eigenvalue weighted by Crippen LogP contribution is 2.35. The number of nitrogens with one attached hydrogen (secondary N) is 1. The van der Waals surface area contributed by atoms with Crippen molar-refractivity contribution in [2.45, 2.75) is 43.4 Å². The van der Waals surface area contributed by atoms with Gasteiger partial charge in [-0.05, 0) is 17.7 Å². The van der Waals surface area contributed by atoms with Gasteiger partial charge in [-0.15, -0.1) is 0 Å². The number of rotatable bonds is 9. The number of methoxy groups -OCH3 is 2. The fourth-order valence-corrected chi connectivity index (χ4v) is 4.12. The molecule has 1 aliphatic heterocycles. The molecule has 31 heavy (non-hydrogen) atoms. The molecule has 2 aliphatic rings. The number of benzene rings is 1. The number of hydrogen-bond donors (Lipinski definition) is 3. The minimum absolute atomic E-state index is 0.0125. The topological polar surface area (TPSA) is 110 Å². The molecular weight excluding hydrogens is 404 g/mol. The summed E-state index contributed by atoms with van der Waals surface area (Å²) in [5, 5.41) is 23.7. The van der Waals surface area contributed by atoms with Gasteiger partial charge in [0.2, 0.25) is 0 Å². The van der Waals surface area contributed by atoms with Crippen LogP contribution in [0, 0.1) is 0 Å². The Morgan fingerprint density at radius 1 is 1.26 bits per heavy atom. The van der Waals surface area contributed by atoms with Crippen molar-refractivity contribution >= 4 is 5.91 Å². The lowest BCUT2D eigenvalue weighted by Crippen LogP contribution is -2.61. The van der Waals surface area contributed by atoms with Crippen molar-refractivity contribution in [3.63, 3.8) is 0 Å². The van der Waals surface area contributed by atoms with Gasteiger partial charge in [0.05, 0.1) is 39.1 Å². The Labute approximate surface area is 183 Å². The molecule has 3 N–H and O–H groups in total. The van der Waals surface area contributed by atoms with Crippen LogP contribution in [0.3, 0.4) is 0 Å². The van der Waals surface area contributed by atoms with Gasteiger partial charge >= 0.3 is 0 Å². The fourth-order valence-electron chi connectivity index (χ4n) is 4.12. The Morgan fingerprint density at radius 2 is 2.03 bits per heavy atom. The third-order valence-corrected chi connectivity index (χ3v) is 6.03. The highest BCUT2D eigenvalue weighted by Gasteiger charge is 2.51. The zero-order chi connectivity index (χ0) is 22.3. The summed E-state index contributed by atoms with van der Waals surface area (Å²) in [5.41, 5.74) is -0.470. The molecule has 1 aromatic carbocycles. The molecule has 0 spiro atoms. The van der Waals surface area contributed by atoms with E-state index in [1.54, 1.807) is 7.11 Å². The van der Waals surface area contributed by atoms with Gasteiger partial charge in [-0.1, -0.05) is 12.1 Å². The fraction of sp³-hybridized carbons (Fsp3) is 0.682. The summed E-state index contributed by atoms with van der Waals surface area (Å²) in [6, 6.07) is 7.41. The van der Waals surface area contributed by atoms with Crippen LogP contribution in [0.4, 0.5) is 0 Å². The van der Waals surface area contributed by atoms with E-state index in [1.807, 2.05) is 24.3 Å². The van der Waals surface area contributed by atoms with E-state index in [-0.39, 0.29) is 25.4 Å². The molecule has 1 aromatic rings. The van der Waals surface area contributed by atoms with Crippen LogP contribution in [-0.2, 0) is 25.6 Å². The second-order valence-electron chi connectivity index (χ2n) is 8.08. The lowest BCUT2D eigenvalue weighted by Gasteiger charge is -2.43. The van der Waals surface area contributed by atoms with E-state index in [1.165, 1.54) is 7.11 Å². The minimum atomic E-state index is -1.31. The van der Waals surface area contributed by atoms with Crippen LogP contribution >= 0.6 is 0 Å². The van der Waals surface area contributed by atoms with Crippen molar-refractivity contribution in [1.29, 1.82) is 0 Å². The van der Waals surface area contributed by atoms with Crippen molar-refractivity contribution in [2.75, 3.05) is 53.6 Å². The van der Waals surface area contributed by atoms with Crippen LogP contribution in [0.5, 0.6) is 5.75 Å². The molecule has 1 saturated heterocycles. The summed E-state index contributed by atoms with van der Waals surface area (Å²) in [4.78, 5) is 15.5. The van der Waals surface area contributed by atoms with Crippen LogP contribution in [0.25, 0.3) is 0 Å². The third-order valence-electron chi connectivity index (χ3n) is 6.03. The summed E-state index contributed by atoms with van der Waals surface area (Å²) >= 11 is 0. The lowest BCUT2D eigenvalue weighted by atomic mass is 9.78. The molecule has 4 atom stereocenters. The van der Waals surface area contributed by atoms with Gasteiger partial charge in [0.15, 0.2) is 5.60 Å². The zero-order valence-electron chi connectivity index (χ0n) is 18.3. The smallest absolute Gasteiger partial charge is 0.252 e. The first-order valence-electron chi connectivity index (χ1n) is 10.7. The van der Waals surface area contributed by atoms with Crippen LogP contribution in [0.2, 0.25) is 0 Å². The Morgan fingerprint density at radius 3 is 2.74 bits per heavy atom. The molecule has 0 bridgehead atoms. The average molecular weight is 439 g/mol. The zero-order valence-corrected chi connectivity index (χ0v) is 18.3. The maximum Gasteiger partial charge on any atom is 0.252 e. The van der Waals surface area contributed by atoms with Crippen molar-refractivity contribution in [1.82, 2.24) is 10.2 Å². The summed E-state index contributed by atoms with van der Waals surface area (Å²) < 4.78 is 22.1. The van der Waals surface area contributed by atoms with E-state index in [4.69, 9.17) is 18.9 Å². The maximum absolute atomic E-state index is 13.3. The molecule has 0 aromatic heterocycles. The number of aliphatic hydroxyl groups is 2. The van der Waals surface area contributed by atoms with E-state index in [9.17, 15) is 15.0 Å². The molecular formula is C22H34N2O7. The van der Waals surface area contributed by atoms with Crippen molar-refractivity contribution < 1.29 is 34.0 Å². The van der Waals surface area contributed by atoms with Gasteiger partial charge in [-0.2, -0.15) is 0 Å². The van der Waals surface area contributed by atoms with Crippen molar-refractivity contribution in [3.8, 4) is 5.75 Å². The standard InChI is InChI=1S/C22H34N2O7/c1-28-17-5-3-4-16(12-17)15-31-22(13-18(25)20(26)19(14-22)29-2)21(27)23-6-7-24-8-10-30-11-9-24/h3-5,12,18-20,25-26H,6-11,13-15H2,1-2H3,(H,23,27)/t18-,19?,20-,22+/m1/s1. The maximum atomic E-state index is 13.3. The van der Waals surface area contributed by atoms with Gasteiger partial charge in [0, 0.05) is 46.1 Å². The third kappa shape index (κ3) is 6.15. The van der Waals surface area contributed by atoms with E-state index in [0.717, 1.165) is 18.7 Å². The molecule has 9 nitrogen and oxygen atoms in total. The molecule has 9 heteroatoms. The van der Waals surface area contributed by atoms with E-state index in [2.05, 4.69) is 10.2 Å². The number of carbonyl (C=O) groups excluding carboxylic acids is 1. The number of morpholine rings is 1. The number of aliphatic hydroxyl groups excluding tert-OH is 2. The van der Waals surface area contributed by atoms with Crippen LogP contribution in [0.15, 0.2) is 24.3 Å². The van der Waals surface area contributed by atoms with E-state index in [0.29, 0.717) is 32.1 Å². The van der Waals surface area contributed by atoms with Crippen LogP contribution < -0.4 is 10.1 Å². The molecule has 2 fully saturated rings. The number of amides is 1. The molecule has 0 radical (unpaired) electrons. The summed E-state index contributed by atoms with van der Waals surface area (Å²) in [6.45, 7) is 4.39. The normalized spacial score (nSPS) is 29.5. The molecule has 1 saturated carbocycles. The van der Waals surface area contributed by atoms with E-state index < -0.39 is 23.9 Å². The quantitative estimate of drug-likeness (QED) is 0.492. The summed E-state index contributed by atoms with van der Waals surface area (Å²) in [5.74, 6) is 0.385. The molecule has 1 amide bonds. The monoisotopic (exact) mass is 438 g/mol. The molecule has 174 valence electrons. The number of nitrogens with zero attached hydrogens (tertiary/aromatic N) is 1. The van der Waals surface area contributed by atoms with Crippen LogP contribution in [0.1, 0.15) is 18.4 Å². The Hall–Kier alpha value is -1.75. The average Bonchev–Trinajstić information content (AvgIpc) is 2.80. The van der Waals surface area contributed by atoms with E-state index >= 15 is 0 Å². The number of carbonyl (C=O) groups is 1. The molecule has 3 rings (SSSR count). The minimum Gasteiger partial charge on any atom is -0.497 e. The number of ether oxygens (including phenoxy) is 4. The van der Waals surface area contributed by atoms with Crippen molar-refractivity contribution in [2.24, 2.45) is 0 Å². The lowest BCUT2D eigenvalue weighted by molar-refractivity contribution is -0.194. The second kappa shape index (κ2) is 11.2. The first kappa shape index (κ1) is 23.9. The first-order valence-corrected chi connectivity index (χ1v) is 10.7. The largest absolute Gasteiger partial charge is 0.497 e. The first-order chi connectivity index (χ1) is 15.0. The Bertz CT molecular complexity index is 713. The molecule has 1 heterocycles. The number of hydrogen-bond acceptors (Lipinski definition) is 8. The van der Waals surface area contributed by atoms with Crippen molar-refractivity contribution in [3.05, 3.63) is 29.8 Å².